The van der Waals surface area contributed by atoms with Crippen LogP contribution in [0.3, 0.4) is 0 Å². The van der Waals surface area contributed by atoms with E-state index in [1.165, 1.54) is 11.1 Å². The lowest BCUT2D eigenvalue weighted by molar-refractivity contribution is -0.123. The van der Waals surface area contributed by atoms with E-state index in [0.717, 1.165) is 28.9 Å². The van der Waals surface area contributed by atoms with E-state index in [0.29, 0.717) is 6.42 Å². The lowest BCUT2D eigenvalue weighted by Crippen LogP contribution is -2.37. The number of anilines is 2. The molecule has 2 amide bonds. The van der Waals surface area contributed by atoms with E-state index in [1.807, 2.05) is 36.9 Å². The number of carbonyl (C=O) groups is 2. The van der Waals surface area contributed by atoms with Crippen molar-refractivity contribution >= 4 is 23.2 Å². The van der Waals surface area contributed by atoms with Crippen molar-refractivity contribution in [3.63, 3.8) is 0 Å². The first-order valence-corrected chi connectivity index (χ1v) is 9.66. The molecule has 0 saturated heterocycles. The van der Waals surface area contributed by atoms with Crippen molar-refractivity contribution in [3.8, 4) is 0 Å². The first-order chi connectivity index (χ1) is 12.9. The summed E-state index contributed by atoms with van der Waals surface area (Å²) in [6, 6.07) is 12.4. The van der Waals surface area contributed by atoms with Crippen LogP contribution < -0.4 is 10.2 Å². The van der Waals surface area contributed by atoms with Crippen molar-refractivity contribution < 1.29 is 9.59 Å². The number of aryl methyl sites for hydroxylation is 3. The van der Waals surface area contributed by atoms with E-state index in [9.17, 15) is 9.59 Å². The van der Waals surface area contributed by atoms with E-state index in [4.69, 9.17) is 0 Å². The second-order valence-electron chi connectivity index (χ2n) is 8.10. The third kappa shape index (κ3) is 3.14. The zero-order chi connectivity index (χ0) is 19.3. The van der Waals surface area contributed by atoms with Crippen LogP contribution in [-0.2, 0) is 16.0 Å². The maximum absolute atomic E-state index is 13.1. The highest BCUT2D eigenvalue weighted by Gasteiger charge is 2.51. The number of nitrogens with zero attached hydrogens (tertiary/aromatic N) is 1. The number of fused-ring (bicyclic) bond motifs is 1. The highest BCUT2D eigenvalue weighted by atomic mass is 16.2. The molecule has 2 aromatic carbocycles. The quantitative estimate of drug-likeness (QED) is 0.891. The molecule has 1 N–H and O–H groups in total. The molecule has 4 rings (SSSR count). The van der Waals surface area contributed by atoms with Crippen LogP contribution in [0.25, 0.3) is 0 Å². The van der Waals surface area contributed by atoms with Gasteiger partial charge in [0.15, 0.2) is 0 Å². The Morgan fingerprint density at radius 3 is 2.41 bits per heavy atom. The largest absolute Gasteiger partial charge is 0.325 e. The highest BCUT2D eigenvalue weighted by Crippen LogP contribution is 2.44. The maximum atomic E-state index is 13.1. The molecular formula is C23H26N2O2. The average molecular weight is 362 g/mol. The summed E-state index contributed by atoms with van der Waals surface area (Å²) >= 11 is 0. The zero-order valence-electron chi connectivity index (χ0n) is 16.4. The predicted octanol–water partition coefficient (Wildman–Crippen LogP) is 4.16. The monoisotopic (exact) mass is 362 g/mol. The first-order valence-electron chi connectivity index (χ1n) is 9.66. The Morgan fingerprint density at radius 2 is 1.70 bits per heavy atom. The van der Waals surface area contributed by atoms with Gasteiger partial charge in [-0.05, 0) is 63.3 Å². The van der Waals surface area contributed by atoms with Crippen LogP contribution in [0.15, 0.2) is 36.4 Å². The Balaban J connectivity index is 1.47. The van der Waals surface area contributed by atoms with Crippen LogP contribution in [0.4, 0.5) is 11.4 Å². The molecule has 4 nitrogen and oxygen atoms in total. The van der Waals surface area contributed by atoms with Gasteiger partial charge >= 0.3 is 0 Å². The van der Waals surface area contributed by atoms with Crippen LogP contribution in [0.2, 0.25) is 0 Å². The van der Waals surface area contributed by atoms with Crippen LogP contribution in [0, 0.1) is 32.6 Å². The third-order valence-corrected chi connectivity index (χ3v) is 5.81. The Hall–Kier alpha value is -2.62. The topological polar surface area (TPSA) is 49.4 Å². The van der Waals surface area contributed by atoms with Gasteiger partial charge in [-0.1, -0.05) is 35.9 Å². The summed E-state index contributed by atoms with van der Waals surface area (Å²) in [5.41, 5.74) is 6.41. The number of benzene rings is 2. The van der Waals surface area contributed by atoms with Gasteiger partial charge in [0.1, 0.15) is 0 Å². The predicted molar refractivity (Wildman–Crippen MR) is 108 cm³/mol. The second-order valence-corrected chi connectivity index (χ2v) is 8.10. The molecule has 1 aliphatic carbocycles. The molecule has 140 valence electrons. The van der Waals surface area contributed by atoms with Crippen molar-refractivity contribution in [3.05, 3.63) is 58.7 Å². The molecule has 2 aliphatic rings. The minimum absolute atomic E-state index is 0.0384. The van der Waals surface area contributed by atoms with Crippen LogP contribution in [0.1, 0.15) is 35.6 Å². The maximum Gasteiger partial charge on any atom is 0.231 e. The number of hydrogen-bond donors (Lipinski definition) is 1. The Kier molecular flexibility index (Phi) is 4.29. The fraction of sp³-hybridized carbons (Fsp3) is 0.391. The molecule has 4 heteroatoms. The molecule has 0 spiro atoms. The van der Waals surface area contributed by atoms with Gasteiger partial charge in [-0.2, -0.15) is 0 Å². The molecular weight excluding hydrogens is 336 g/mol. The molecule has 1 aliphatic heterocycles. The molecule has 0 radical (unpaired) electrons. The molecule has 3 unspecified atom stereocenters. The van der Waals surface area contributed by atoms with Gasteiger partial charge in [-0.15, -0.1) is 0 Å². The van der Waals surface area contributed by atoms with Gasteiger partial charge in [0, 0.05) is 17.4 Å². The van der Waals surface area contributed by atoms with Crippen molar-refractivity contribution in [2.24, 2.45) is 11.8 Å². The van der Waals surface area contributed by atoms with Crippen molar-refractivity contribution in [1.82, 2.24) is 0 Å². The Bertz CT molecular complexity index is 911. The lowest BCUT2D eigenvalue weighted by atomic mass is 10.0. The molecule has 2 aromatic rings. The van der Waals surface area contributed by atoms with E-state index in [1.54, 1.807) is 0 Å². The van der Waals surface area contributed by atoms with Gasteiger partial charge in [0.2, 0.25) is 11.8 Å². The lowest BCUT2D eigenvalue weighted by Gasteiger charge is -2.23. The summed E-state index contributed by atoms with van der Waals surface area (Å²) in [5, 5.41) is 3.06. The Labute approximate surface area is 160 Å². The summed E-state index contributed by atoms with van der Waals surface area (Å²) in [4.78, 5) is 27.7. The van der Waals surface area contributed by atoms with Gasteiger partial charge in [-0.3, -0.25) is 9.59 Å². The van der Waals surface area contributed by atoms with Crippen molar-refractivity contribution in [2.45, 2.75) is 46.6 Å². The van der Waals surface area contributed by atoms with Crippen molar-refractivity contribution in [2.75, 3.05) is 10.2 Å². The van der Waals surface area contributed by atoms with Crippen molar-refractivity contribution in [1.29, 1.82) is 0 Å². The first kappa shape index (κ1) is 17.8. The van der Waals surface area contributed by atoms with Crippen LogP contribution in [-0.4, -0.2) is 17.9 Å². The summed E-state index contributed by atoms with van der Waals surface area (Å²) in [7, 11) is 0. The fourth-order valence-corrected chi connectivity index (χ4v) is 4.43. The molecule has 1 heterocycles. The number of nitrogens with one attached hydrogen (secondary N) is 1. The van der Waals surface area contributed by atoms with Gasteiger partial charge in [0.05, 0.1) is 11.8 Å². The summed E-state index contributed by atoms with van der Waals surface area (Å²) in [6.07, 6.45) is 1.52. The standard InChI is InChI=1S/C23H26N2O2/c1-13-9-14(2)21(15(3)10-13)24-22(26)18-12-19(18)23(27)25-16(4)11-17-7-5-6-8-20(17)25/h5-10,16,18-19H,11-12H2,1-4H3,(H,24,26). The summed E-state index contributed by atoms with van der Waals surface area (Å²) in [6.45, 7) is 8.15. The second kappa shape index (κ2) is 6.52. The number of para-hydroxylation sites is 1. The number of carbonyl (C=O) groups excluding carboxylic acids is 2. The van der Waals surface area contributed by atoms with E-state index < -0.39 is 0 Å². The molecule has 27 heavy (non-hydrogen) atoms. The average Bonchev–Trinajstić information content (AvgIpc) is 3.33. The zero-order valence-corrected chi connectivity index (χ0v) is 16.4. The minimum Gasteiger partial charge on any atom is -0.325 e. The number of hydrogen-bond acceptors (Lipinski definition) is 2. The Morgan fingerprint density at radius 1 is 1.04 bits per heavy atom. The van der Waals surface area contributed by atoms with Gasteiger partial charge < -0.3 is 10.2 Å². The molecule has 1 saturated carbocycles. The van der Waals surface area contributed by atoms with Gasteiger partial charge in [0.25, 0.3) is 0 Å². The van der Waals surface area contributed by atoms with E-state index in [2.05, 4.69) is 37.4 Å². The number of amides is 2. The third-order valence-electron chi connectivity index (χ3n) is 5.81. The molecule has 0 aromatic heterocycles. The van der Waals surface area contributed by atoms with Crippen LogP contribution in [0.5, 0.6) is 0 Å². The minimum atomic E-state index is -0.224. The summed E-state index contributed by atoms with van der Waals surface area (Å²) in [5.74, 6) is -0.379. The normalized spacial score (nSPS) is 23.1. The van der Waals surface area contributed by atoms with Crippen LogP contribution >= 0.6 is 0 Å². The molecule has 1 fully saturated rings. The fourth-order valence-electron chi connectivity index (χ4n) is 4.43. The molecule has 0 bridgehead atoms. The smallest absolute Gasteiger partial charge is 0.231 e. The highest BCUT2D eigenvalue weighted by molar-refractivity contribution is 6.05. The summed E-state index contributed by atoms with van der Waals surface area (Å²) < 4.78 is 0. The molecule has 3 atom stereocenters. The van der Waals surface area contributed by atoms with E-state index >= 15 is 0 Å². The van der Waals surface area contributed by atoms with Gasteiger partial charge in [-0.25, -0.2) is 0 Å². The van der Waals surface area contributed by atoms with E-state index in [-0.39, 0.29) is 29.7 Å². The SMILES string of the molecule is Cc1cc(C)c(NC(=O)C2CC2C(=O)N2c3ccccc3CC2C)c(C)c1. The number of rotatable bonds is 3.